The van der Waals surface area contributed by atoms with Crippen molar-refractivity contribution in [2.45, 2.75) is 25.9 Å². The summed E-state index contributed by atoms with van der Waals surface area (Å²) in [5.74, 6) is 0.980. The molecule has 0 aliphatic carbocycles. The fraction of sp³-hybridized carbons (Fsp3) is 0.571. The number of phenolic OH excluding ortho intramolecular Hbond substituents is 1. The van der Waals surface area contributed by atoms with E-state index in [2.05, 4.69) is 31.1 Å². The molecule has 0 saturated carbocycles. The first-order valence-corrected chi connectivity index (χ1v) is 6.31. The van der Waals surface area contributed by atoms with Gasteiger partial charge in [-0.15, -0.1) is 0 Å². The second-order valence-corrected chi connectivity index (χ2v) is 5.24. The van der Waals surface area contributed by atoms with Gasteiger partial charge in [-0.3, -0.25) is 4.90 Å². The number of hydrogen-bond donors (Lipinski definition) is 2. The number of nitrogens with zero attached hydrogens (tertiary/aromatic N) is 1. The van der Waals surface area contributed by atoms with Crippen LogP contribution >= 0.6 is 0 Å². The molecule has 94 valence electrons. The van der Waals surface area contributed by atoms with Crippen molar-refractivity contribution in [3.63, 3.8) is 0 Å². The molecule has 0 spiro atoms. The van der Waals surface area contributed by atoms with Gasteiger partial charge in [0.25, 0.3) is 0 Å². The summed E-state index contributed by atoms with van der Waals surface area (Å²) in [5, 5.41) is 12.8. The standard InChI is InChI=1S/C14H22N2O/c1-10(2)13-8-15-9-14(16(13)3)11-4-6-12(17)7-5-11/h4-7,10,13-15,17H,8-9H2,1-3H3/t13-,14?/m1/s1. The van der Waals surface area contributed by atoms with Gasteiger partial charge in [-0.1, -0.05) is 26.0 Å². The maximum absolute atomic E-state index is 9.33. The van der Waals surface area contributed by atoms with Crippen molar-refractivity contribution in [1.82, 2.24) is 10.2 Å². The van der Waals surface area contributed by atoms with Gasteiger partial charge in [0.2, 0.25) is 0 Å². The molecule has 0 radical (unpaired) electrons. The molecule has 1 aromatic rings. The van der Waals surface area contributed by atoms with Crippen LogP contribution in [-0.4, -0.2) is 36.2 Å². The van der Waals surface area contributed by atoms with E-state index in [1.807, 2.05) is 12.1 Å². The van der Waals surface area contributed by atoms with Crippen LogP contribution in [0.15, 0.2) is 24.3 Å². The zero-order valence-corrected chi connectivity index (χ0v) is 10.9. The summed E-state index contributed by atoms with van der Waals surface area (Å²) < 4.78 is 0. The molecule has 0 aromatic heterocycles. The summed E-state index contributed by atoms with van der Waals surface area (Å²) >= 11 is 0. The molecule has 1 aliphatic heterocycles. The first-order valence-electron chi connectivity index (χ1n) is 6.31. The maximum atomic E-state index is 9.33. The van der Waals surface area contributed by atoms with Crippen molar-refractivity contribution >= 4 is 0 Å². The van der Waals surface area contributed by atoms with Crippen molar-refractivity contribution in [2.75, 3.05) is 20.1 Å². The lowest BCUT2D eigenvalue weighted by Crippen LogP contribution is -2.53. The molecule has 1 fully saturated rings. The van der Waals surface area contributed by atoms with E-state index in [0.717, 1.165) is 13.1 Å². The van der Waals surface area contributed by atoms with Crippen LogP contribution < -0.4 is 5.32 Å². The number of nitrogens with one attached hydrogen (secondary N) is 1. The van der Waals surface area contributed by atoms with Gasteiger partial charge in [0.1, 0.15) is 5.75 Å². The van der Waals surface area contributed by atoms with Crippen molar-refractivity contribution in [1.29, 1.82) is 0 Å². The number of rotatable bonds is 2. The number of phenols is 1. The third-order valence-corrected chi connectivity index (χ3v) is 3.75. The monoisotopic (exact) mass is 234 g/mol. The third kappa shape index (κ3) is 2.61. The largest absolute Gasteiger partial charge is 0.508 e. The molecule has 1 aromatic carbocycles. The van der Waals surface area contributed by atoms with Gasteiger partial charge in [0, 0.05) is 25.2 Å². The molecule has 1 heterocycles. The Morgan fingerprint density at radius 1 is 1.24 bits per heavy atom. The highest BCUT2D eigenvalue weighted by Crippen LogP contribution is 2.27. The third-order valence-electron chi connectivity index (χ3n) is 3.75. The Morgan fingerprint density at radius 3 is 2.47 bits per heavy atom. The number of piperazine rings is 1. The molecule has 1 aliphatic rings. The summed E-state index contributed by atoms with van der Waals surface area (Å²) in [6, 6.07) is 8.53. The molecule has 3 nitrogen and oxygen atoms in total. The van der Waals surface area contributed by atoms with Crippen LogP contribution in [0.3, 0.4) is 0 Å². The highest BCUT2D eigenvalue weighted by molar-refractivity contribution is 5.28. The number of benzene rings is 1. The normalized spacial score (nSPS) is 26.4. The van der Waals surface area contributed by atoms with Gasteiger partial charge in [-0.2, -0.15) is 0 Å². The van der Waals surface area contributed by atoms with Crippen molar-refractivity contribution in [3.8, 4) is 5.75 Å². The van der Waals surface area contributed by atoms with E-state index in [1.165, 1.54) is 5.56 Å². The van der Waals surface area contributed by atoms with E-state index in [1.54, 1.807) is 12.1 Å². The summed E-state index contributed by atoms with van der Waals surface area (Å²) in [5.41, 5.74) is 1.27. The Bertz CT molecular complexity index is 361. The topological polar surface area (TPSA) is 35.5 Å². The minimum atomic E-state index is 0.334. The Morgan fingerprint density at radius 2 is 1.88 bits per heavy atom. The Hall–Kier alpha value is -1.06. The van der Waals surface area contributed by atoms with Crippen molar-refractivity contribution in [2.24, 2.45) is 5.92 Å². The van der Waals surface area contributed by atoms with E-state index in [4.69, 9.17) is 0 Å². The quantitative estimate of drug-likeness (QED) is 0.821. The predicted molar refractivity (Wildman–Crippen MR) is 70.1 cm³/mol. The van der Waals surface area contributed by atoms with E-state index < -0.39 is 0 Å². The molecule has 2 atom stereocenters. The van der Waals surface area contributed by atoms with Crippen LogP contribution in [0.4, 0.5) is 0 Å². The number of aromatic hydroxyl groups is 1. The lowest BCUT2D eigenvalue weighted by atomic mass is 9.95. The second-order valence-electron chi connectivity index (χ2n) is 5.24. The first-order chi connectivity index (χ1) is 8.09. The zero-order chi connectivity index (χ0) is 12.4. The van der Waals surface area contributed by atoms with Crippen LogP contribution in [0.1, 0.15) is 25.5 Å². The van der Waals surface area contributed by atoms with Crippen molar-refractivity contribution < 1.29 is 5.11 Å². The Kier molecular flexibility index (Phi) is 3.69. The fourth-order valence-electron chi connectivity index (χ4n) is 2.64. The summed E-state index contributed by atoms with van der Waals surface area (Å²) in [4.78, 5) is 2.45. The van der Waals surface area contributed by atoms with E-state index in [-0.39, 0.29) is 0 Å². The molecular weight excluding hydrogens is 212 g/mol. The van der Waals surface area contributed by atoms with Crippen LogP contribution in [0.2, 0.25) is 0 Å². The Balaban J connectivity index is 2.17. The number of hydrogen-bond acceptors (Lipinski definition) is 3. The fourth-order valence-corrected chi connectivity index (χ4v) is 2.64. The van der Waals surface area contributed by atoms with Gasteiger partial charge >= 0.3 is 0 Å². The zero-order valence-electron chi connectivity index (χ0n) is 10.9. The summed E-state index contributed by atoms with van der Waals surface area (Å²) in [7, 11) is 2.20. The van der Waals surface area contributed by atoms with Crippen LogP contribution in [0, 0.1) is 5.92 Å². The smallest absolute Gasteiger partial charge is 0.115 e. The molecule has 2 rings (SSSR count). The van der Waals surface area contributed by atoms with Gasteiger partial charge in [-0.25, -0.2) is 0 Å². The highest BCUT2D eigenvalue weighted by Gasteiger charge is 2.29. The van der Waals surface area contributed by atoms with Gasteiger partial charge < -0.3 is 10.4 Å². The molecule has 0 bridgehead atoms. The Labute approximate surface area is 103 Å². The van der Waals surface area contributed by atoms with Gasteiger partial charge in [0.15, 0.2) is 0 Å². The SMILES string of the molecule is CC(C)[C@H]1CNCC(c2ccc(O)cc2)N1C. The molecule has 0 amide bonds. The summed E-state index contributed by atoms with van der Waals surface area (Å²) in [6.45, 7) is 6.57. The molecule has 3 heteroatoms. The van der Waals surface area contributed by atoms with E-state index in [9.17, 15) is 5.11 Å². The predicted octanol–water partition coefficient (Wildman–Crippen LogP) is 1.99. The lowest BCUT2D eigenvalue weighted by molar-refractivity contribution is 0.0978. The van der Waals surface area contributed by atoms with Gasteiger partial charge in [-0.05, 0) is 30.7 Å². The molecule has 2 N–H and O–H groups in total. The number of likely N-dealkylation sites (N-methyl/N-ethyl adjacent to an activating group) is 1. The summed E-state index contributed by atoms with van der Waals surface area (Å²) in [6.07, 6.45) is 0. The maximum Gasteiger partial charge on any atom is 0.115 e. The van der Waals surface area contributed by atoms with Crippen molar-refractivity contribution in [3.05, 3.63) is 29.8 Å². The minimum Gasteiger partial charge on any atom is -0.508 e. The minimum absolute atomic E-state index is 0.334. The average molecular weight is 234 g/mol. The van der Waals surface area contributed by atoms with Crippen LogP contribution in [0.25, 0.3) is 0 Å². The van der Waals surface area contributed by atoms with Crippen LogP contribution in [0.5, 0.6) is 5.75 Å². The average Bonchev–Trinajstić information content (AvgIpc) is 2.30. The highest BCUT2D eigenvalue weighted by atomic mass is 16.3. The van der Waals surface area contributed by atoms with E-state index in [0.29, 0.717) is 23.8 Å². The lowest BCUT2D eigenvalue weighted by Gasteiger charge is -2.42. The molecule has 1 unspecified atom stereocenters. The van der Waals surface area contributed by atoms with Gasteiger partial charge in [0.05, 0.1) is 0 Å². The van der Waals surface area contributed by atoms with E-state index >= 15 is 0 Å². The molecule has 1 saturated heterocycles. The second kappa shape index (κ2) is 5.07. The molecular formula is C14H22N2O. The van der Waals surface area contributed by atoms with Crippen LogP contribution in [-0.2, 0) is 0 Å². The molecule has 17 heavy (non-hydrogen) atoms. The first kappa shape index (κ1) is 12.4.